The van der Waals surface area contributed by atoms with Crippen molar-refractivity contribution in [1.82, 2.24) is 0 Å². The number of allylic oxidation sites excluding steroid dienone is 4. The van der Waals surface area contributed by atoms with Gasteiger partial charge < -0.3 is 21.7 Å². The number of thiocarbonyl (C=S) groups is 1. The molecule has 0 spiro atoms. The molecule has 0 amide bonds. The van der Waals surface area contributed by atoms with Gasteiger partial charge >= 0.3 is 0 Å². The van der Waals surface area contributed by atoms with Crippen LogP contribution in [0.3, 0.4) is 0 Å². The van der Waals surface area contributed by atoms with E-state index in [9.17, 15) is 19.8 Å². The maximum absolute atomic E-state index is 13.1. The van der Waals surface area contributed by atoms with Crippen molar-refractivity contribution in [1.29, 1.82) is 0 Å². The van der Waals surface area contributed by atoms with E-state index in [1.165, 1.54) is 18.2 Å². The van der Waals surface area contributed by atoms with Gasteiger partial charge in [0.15, 0.2) is 5.78 Å². The van der Waals surface area contributed by atoms with Crippen molar-refractivity contribution in [2.75, 3.05) is 11.5 Å². The first-order valence-corrected chi connectivity index (χ1v) is 8.50. The molecule has 4 rings (SSSR count). The highest BCUT2D eigenvalue weighted by molar-refractivity contribution is 7.81. The molecule has 0 radical (unpaired) electrons. The van der Waals surface area contributed by atoms with E-state index in [2.05, 4.69) is 0 Å². The van der Waals surface area contributed by atoms with Gasteiger partial charge in [-0.05, 0) is 23.8 Å². The number of nitrogen functional groups attached to an aromatic ring is 2. The fourth-order valence-corrected chi connectivity index (χ4v) is 3.75. The van der Waals surface area contributed by atoms with Crippen LogP contribution in [0.25, 0.3) is 5.57 Å². The van der Waals surface area contributed by atoms with Crippen molar-refractivity contribution in [2.45, 2.75) is 6.42 Å². The standard InChI is InChI=1S/C20H14N2O4S/c21-10-5-6-12(23)16-14(10)19(25)15-11(22)7-9(18(24)17(15)20(16)26)8-3-1-2-4-13(8)27/h1-3,5-7,23-24H,4,21-22H2. The quantitative estimate of drug-likeness (QED) is 0.291. The number of ketones is 2. The van der Waals surface area contributed by atoms with Gasteiger partial charge in [0.25, 0.3) is 0 Å². The number of phenolic OH excluding ortho intramolecular Hbond substituents is 2. The van der Waals surface area contributed by atoms with Crippen LogP contribution in [0.2, 0.25) is 0 Å². The number of hydrogen-bond acceptors (Lipinski definition) is 7. The number of benzene rings is 2. The van der Waals surface area contributed by atoms with Crippen molar-refractivity contribution in [3.63, 3.8) is 0 Å². The van der Waals surface area contributed by atoms with Crippen LogP contribution in [0, 0.1) is 0 Å². The monoisotopic (exact) mass is 378 g/mol. The SMILES string of the molecule is Nc1ccc(O)c2c1C(=O)c1c(N)cc(C3=CC=CCC3=S)c(O)c1C2=O. The number of anilines is 2. The number of fused-ring (bicyclic) bond motifs is 2. The molecule has 6 N–H and O–H groups in total. The highest BCUT2D eigenvalue weighted by atomic mass is 32.1. The Balaban J connectivity index is 2.05. The van der Waals surface area contributed by atoms with E-state index in [1.807, 2.05) is 6.08 Å². The summed E-state index contributed by atoms with van der Waals surface area (Å²) in [5, 5.41) is 21.0. The molecule has 0 saturated heterocycles. The zero-order valence-electron chi connectivity index (χ0n) is 13.9. The summed E-state index contributed by atoms with van der Waals surface area (Å²) in [5.74, 6) is -2.11. The molecule has 134 valence electrons. The average molecular weight is 378 g/mol. The molecule has 7 heteroatoms. The molecule has 0 unspecified atom stereocenters. The molecule has 2 aromatic rings. The normalized spacial score (nSPS) is 15.4. The van der Waals surface area contributed by atoms with E-state index in [0.717, 1.165) is 0 Å². The molecule has 2 aromatic carbocycles. The summed E-state index contributed by atoms with van der Waals surface area (Å²) in [6.45, 7) is 0. The maximum atomic E-state index is 13.1. The second-order valence-corrected chi connectivity index (χ2v) is 6.82. The van der Waals surface area contributed by atoms with Crippen LogP contribution in [-0.4, -0.2) is 26.6 Å². The van der Waals surface area contributed by atoms with Crippen molar-refractivity contribution >= 4 is 45.6 Å². The third-order valence-electron chi connectivity index (χ3n) is 4.75. The van der Waals surface area contributed by atoms with Gasteiger partial charge in [-0.3, -0.25) is 9.59 Å². The van der Waals surface area contributed by atoms with E-state index in [4.69, 9.17) is 23.7 Å². The molecule has 0 fully saturated rings. The fourth-order valence-electron chi connectivity index (χ4n) is 3.48. The molecule has 0 aromatic heterocycles. The average Bonchev–Trinajstić information content (AvgIpc) is 2.63. The Morgan fingerprint density at radius 3 is 2.30 bits per heavy atom. The fraction of sp³-hybridized carbons (Fsp3) is 0.0500. The lowest BCUT2D eigenvalue weighted by atomic mass is 9.79. The van der Waals surface area contributed by atoms with Gasteiger partial charge in [-0.1, -0.05) is 30.4 Å². The van der Waals surface area contributed by atoms with Crippen LogP contribution in [-0.2, 0) is 0 Å². The van der Waals surface area contributed by atoms with E-state index < -0.39 is 17.3 Å². The zero-order valence-corrected chi connectivity index (χ0v) is 14.8. The summed E-state index contributed by atoms with van der Waals surface area (Å²) < 4.78 is 0. The van der Waals surface area contributed by atoms with Crippen LogP contribution in [0.4, 0.5) is 11.4 Å². The summed E-state index contributed by atoms with van der Waals surface area (Å²) in [6.07, 6.45) is 5.89. The summed E-state index contributed by atoms with van der Waals surface area (Å²) in [5.41, 5.74) is 12.1. The second kappa shape index (κ2) is 5.78. The molecule has 27 heavy (non-hydrogen) atoms. The summed E-state index contributed by atoms with van der Waals surface area (Å²) in [7, 11) is 0. The van der Waals surface area contributed by atoms with E-state index in [0.29, 0.717) is 16.9 Å². The highest BCUT2D eigenvalue weighted by Gasteiger charge is 2.38. The van der Waals surface area contributed by atoms with Crippen LogP contribution < -0.4 is 11.5 Å². The van der Waals surface area contributed by atoms with Crippen molar-refractivity contribution in [2.24, 2.45) is 0 Å². The highest BCUT2D eigenvalue weighted by Crippen LogP contribution is 2.44. The minimum absolute atomic E-state index is 0.0304. The largest absolute Gasteiger partial charge is 0.507 e. The van der Waals surface area contributed by atoms with Crippen LogP contribution in [0.1, 0.15) is 43.8 Å². The Kier molecular flexibility index (Phi) is 3.64. The molecule has 6 nitrogen and oxygen atoms in total. The van der Waals surface area contributed by atoms with E-state index >= 15 is 0 Å². The third-order valence-corrected chi connectivity index (χ3v) is 5.13. The lowest BCUT2D eigenvalue weighted by Gasteiger charge is -2.24. The molecule has 2 aliphatic rings. The summed E-state index contributed by atoms with van der Waals surface area (Å²) in [6, 6.07) is 4.01. The maximum Gasteiger partial charge on any atom is 0.202 e. The van der Waals surface area contributed by atoms with Crippen LogP contribution in [0.15, 0.2) is 36.4 Å². The number of rotatable bonds is 1. The second-order valence-electron chi connectivity index (χ2n) is 6.33. The molecule has 0 saturated carbocycles. The van der Waals surface area contributed by atoms with E-state index in [-0.39, 0.29) is 44.9 Å². The predicted octanol–water partition coefficient (Wildman–Crippen LogP) is 2.75. The number of carbonyl (C=O) groups excluding carboxylic acids is 2. The van der Waals surface area contributed by atoms with Crippen molar-refractivity contribution < 1.29 is 19.8 Å². The van der Waals surface area contributed by atoms with Gasteiger partial charge in [0.2, 0.25) is 5.78 Å². The number of hydrogen-bond donors (Lipinski definition) is 4. The predicted molar refractivity (Wildman–Crippen MR) is 106 cm³/mol. The minimum Gasteiger partial charge on any atom is -0.507 e. The smallest absolute Gasteiger partial charge is 0.202 e. The molecule has 0 bridgehead atoms. The Morgan fingerprint density at radius 2 is 1.59 bits per heavy atom. The summed E-state index contributed by atoms with van der Waals surface area (Å²) in [4.78, 5) is 26.6. The summed E-state index contributed by atoms with van der Waals surface area (Å²) >= 11 is 5.34. The first kappa shape index (κ1) is 17.0. The zero-order chi connectivity index (χ0) is 19.5. The number of carbonyl (C=O) groups is 2. The van der Waals surface area contributed by atoms with Gasteiger partial charge in [-0.2, -0.15) is 0 Å². The molecule has 0 heterocycles. The molecule has 2 aliphatic carbocycles. The van der Waals surface area contributed by atoms with Crippen molar-refractivity contribution in [3.8, 4) is 11.5 Å². The third kappa shape index (κ3) is 2.29. The molecule has 0 aliphatic heterocycles. The van der Waals surface area contributed by atoms with Crippen LogP contribution in [0.5, 0.6) is 11.5 Å². The van der Waals surface area contributed by atoms with Gasteiger partial charge in [0.1, 0.15) is 11.5 Å². The van der Waals surface area contributed by atoms with Gasteiger partial charge in [0, 0.05) is 28.2 Å². The lowest BCUT2D eigenvalue weighted by molar-refractivity contribution is 0.0975. The lowest BCUT2D eigenvalue weighted by Crippen LogP contribution is -2.24. The van der Waals surface area contributed by atoms with Crippen molar-refractivity contribution in [3.05, 3.63) is 64.2 Å². The Labute approximate surface area is 159 Å². The molecular weight excluding hydrogens is 364 g/mol. The van der Waals surface area contributed by atoms with Gasteiger partial charge in [-0.25, -0.2) is 0 Å². The number of phenols is 2. The first-order valence-electron chi connectivity index (χ1n) is 8.09. The molecule has 0 atom stereocenters. The van der Waals surface area contributed by atoms with Crippen LogP contribution >= 0.6 is 12.2 Å². The number of nitrogens with two attached hydrogens (primary N) is 2. The first-order chi connectivity index (χ1) is 12.8. The van der Waals surface area contributed by atoms with E-state index in [1.54, 1.807) is 12.2 Å². The minimum atomic E-state index is -0.715. The van der Waals surface area contributed by atoms with Gasteiger partial charge in [0.05, 0.1) is 22.3 Å². The van der Waals surface area contributed by atoms with Gasteiger partial charge in [-0.15, -0.1) is 0 Å². The Hall–Kier alpha value is -3.45. The molecular formula is C20H14N2O4S. The number of aromatic hydroxyl groups is 2. The topological polar surface area (TPSA) is 127 Å². The Bertz CT molecular complexity index is 1150. The Morgan fingerprint density at radius 1 is 0.926 bits per heavy atom.